The minimum absolute atomic E-state index is 0.0191. The van der Waals surface area contributed by atoms with Gasteiger partial charge in [0.2, 0.25) is 0 Å². The Hall–Kier alpha value is -1.20. The Bertz CT molecular complexity index is 559. The van der Waals surface area contributed by atoms with Gasteiger partial charge in [-0.3, -0.25) is 0 Å². The fraction of sp³-hybridized carbons (Fsp3) is 0.300. The third-order valence-corrected chi connectivity index (χ3v) is 3.40. The van der Waals surface area contributed by atoms with Gasteiger partial charge in [-0.1, -0.05) is 6.08 Å². The Labute approximate surface area is 88.9 Å². The predicted octanol–water partition coefficient (Wildman–Crippen LogP) is 0.997. The van der Waals surface area contributed by atoms with Crippen LogP contribution in [0.15, 0.2) is 17.2 Å². The molecule has 0 radical (unpaired) electrons. The fourth-order valence-corrected chi connectivity index (χ4v) is 2.63. The minimum atomic E-state index is -3.72. The van der Waals surface area contributed by atoms with Crippen LogP contribution in [0.4, 0.5) is 0 Å². The Kier molecular flexibility index (Phi) is 2.17. The molecule has 0 unspecified atom stereocenters. The van der Waals surface area contributed by atoms with E-state index in [9.17, 15) is 8.42 Å². The van der Waals surface area contributed by atoms with Crippen LogP contribution >= 0.6 is 0 Å². The molecule has 0 spiro atoms. The molecule has 1 aromatic rings. The highest BCUT2D eigenvalue weighted by Crippen LogP contribution is 2.30. The van der Waals surface area contributed by atoms with E-state index in [0.717, 1.165) is 16.7 Å². The van der Waals surface area contributed by atoms with Crippen molar-refractivity contribution >= 4 is 15.6 Å². The number of rotatable bonds is 1. The first kappa shape index (κ1) is 10.3. The van der Waals surface area contributed by atoms with Crippen molar-refractivity contribution in [2.45, 2.75) is 25.3 Å². The van der Waals surface area contributed by atoms with Gasteiger partial charge in [0.1, 0.15) is 0 Å². The van der Waals surface area contributed by atoms with Gasteiger partial charge < -0.3 is 0 Å². The van der Waals surface area contributed by atoms with Gasteiger partial charge in [0.25, 0.3) is 10.0 Å². The van der Waals surface area contributed by atoms with Crippen LogP contribution in [0.25, 0.3) is 5.57 Å². The summed E-state index contributed by atoms with van der Waals surface area (Å²) in [5, 5.41) is 5.15. The van der Waals surface area contributed by atoms with Crippen LogP contribution in [0.5, 0.6) is 0 Å². The molecule has 1 aromatic heterocycles. The average molecular weight is 224 g/mol. The van der Waals surface area contributed by atoms with Gasteiger partial charge in [0.05, 0.1) is 0 Å². The van der Waals surface area contributed by atoms with Crippen LogP contribution < -0.4 is 5.14 Å². The van der Waals surface area contributed by atoms with E-state index < -0.39 is 10.0 Å². The monoisotopic (exact) mass is 224 g/mol. The molecule has 0 fully saturated rings. The van der Waals surface area contributed by atoms with Crippen LogP contribution in [-0.2, 0) is 16.4 Å². The third-order valence-electron chi connectivity index (χ3n) is 2.52. The van der Waals surface area contributed by atoms with Gasteiger partial charge in [0, 0.05) is 11.3 Å². The number of aromatic nitrogens is 1. The Morgan fingerprint density at radius 2 is 2.07 bits per heavy atom. The van der Waals surface area contributed by atoms with Gasteiger partial charge in [0.15, 0.2) is 5.03 Å². The second kappa shape index (κ2) is 3.15. The predicted molar refractivity (Wildman–Crippen MR) is 57.7 cm³/mol. The molecule has 0 atom stereocenters. The van der Waals surface area contributed by atoms with Crippen LogP contribution in [0.2, 0.25) is 0 Å². The van der Waals surface area contributed by atoms with Gasteiger partial charge in [-0.15, -0.1) is 0 Å². The molecule has 0 saturated carbocycles. The van der Waals surface area contributed by atoms with Gasteiger partial charge in [-0.05, 0) is 37.5 Å². The SMILES string of the molecule is CC1=CCc2c1cc(C)nc2S(N)(=O)=O. The summed E-state index contributed by atoms with van der Waals surface area (Å²) in [5.74, 6) is 0. The van der Waals surface area contributed by atoms with Crippen molar-refractivity contribution in [3.63, 3.8) is 0 Å². The molecule has 4 nitrogen and oxygen atoms in total. The molecule has 5 heteroatoms. The zero-order chi connectivity index (χ0) is 11.2. The maximum atomic E-state index is 11.3. The Morgan fingerprint density at radius 1 is 1.40 bits per heavy atom. The summed E-state index contributed by atoms with van der Waals surface area (Å²) in [7, 11) is -3.72. The minimum Gasteiger partial charge on any atom is -0.240 e. The summed E-state index contributed by atoms with van der Waals surface area (Å²) >= 11 is 0. The molecule has 0 aliphatic heterocycles. The number of nitrogens with zero attached hydrogens (tertiary/aromatic N) is 1. The lowest BCUT2D eigenvalue weighted by Crippen LogP contribution is -2.17. The third kappa shape index (κ3) is 1.68. The molecule has 1 aliphatic carbocycles. The first-order chi connectivity index (χ1) is 6.89. The van der Waals surface area contributed by atoms with E-state index in [1.54, 1.807) is 6.92 Å². The second-order valence-corrected chi connectivity index (χ2v) is 5.21. The maximum Gasteiger partial charge on any atom is 0.255 e. The fourth-order valence-electron chi connectivity index (χ4n) is 1.82. The lowest BCUT2D eigenvalue weighted by Gasteiger charge is -2.08. The summed E-state index contributed by atoms with van der Waals surface area (Å²) in [6.45, 7) is 3.72. The van der Waals surface area contributed by atoms with Gasteiger partial charge in [-0.2, -0.15) is 0 Å². The Balaban J connectivity index is 2.77. The van der Waals surface area contributed by atoms with Crippen molar-refractivity contribution in [1.29, 1.82) is 0 Å². The van der Waals surface area contributed by atoms with Crippen molar-refractivity contribution in [1.82, 2.24) is 4.98 Å². The van der Waals surface area contributed by atoms with E-state index in [1.807, 2.05) is 19.1 Å². The molecule has 15 heavy (non-hydrogen) atoms. The first-order valence-corrected chi connectivity index (χ1v) is 6.14. The topological polar surface area (TPSA) is 73.0 Å². The van der Waals surface area contributed by atoms with E-state index in [4.69, 9.17) is 5.14 Å². The highest BCUT2D eigenvalue weighted by Gasteiger charge is 2.22. The number of pyridine rings is 1. The van der Waals surface area contributed by atoms with Crippen LogP contribution in [0, 0.1) is 6.92 Å². The smallest absolute Gasteiger partial charge is 0.240 e. The van der Waals surface area contributed by atoms with Gasteiger partial charge in [-0.25, -0.2) is 18.5 Å². The van der Waals surface area contributed by atoms with E-state index in [0.29, 0.717) is 12.1 Å². The maximum absolute atomic E-state index is 11.3. The van der Waals surface area contributed by atoms with E-state index >= 15 is 0 Å². The molecule has 1 heterocycles. The van der Waals surface area contributed by atoms with Crippen molar-refractivity contribution in [3.8, 4) is 0 Å². The number of fused-ring (bicyclic) bond motifs is 1. The molecule has 80 valence electrons. The number of primary sulfonamides is 1. The molecule has 0 bridgehead atoms. The average Bonchev–Trinajstić information content (AvgIpc) is 2.45. The molecule has 0 saturated heterocycles. The molecule has 0 aromatic carbocycles. The van der Waals surface area contributed by atoms with E-state index in [1.165, 1.54) is 0 Å². The molecule has 0 amide bonds. The molecular weight excluding hydrogens is 212 g/mol. The highest BCUT2D eigenvalue weighted by atomic mass is 32.2. The molecule has 2 N–H and O–H groups in total. The normalized spacial score (nSPS) is 15.0. The highest BCUT2D eigenvalue weighted by molar-refractivity contribution is 7.89. The van der Waals surface area contributed by atoms with Gasteiger partial charge >= 0.3 is 0 Å². The summed E-state index contributed by atoms with van der Waals surface area (Å²) in [4.78, 5) is 4.00. The number of nitrogens with two attached hydrogens (primary N) is 1. The number of sulfonamides is 1. The van der Waals surface area contributed by atoms with E-state index in [-0.39, 0.29) is 5.03 Å². The van der Waals surface area contributed by atoms with Crippen LogP contribution in [0.1, 0.15) is 23.7 Å². The summed E-state index contributed by atoms with van der Waals surface area (Å²) in [6.07, 6.45) is 2.58. The first-order valence-electron chi connectivity index (χ1n) is 4.60. The van der Waals surface area contributed by atoms with Crippen molar-refractivity contribution in [2.24, 2.45) is 5.14 Å². The van der Waals surface area contributed by atoms with E-state index in [2.05, 4.69) is 4.98 Å². The second-order valence-electron chi connectivity index (χ2n) is 3.73. The van der Waals surface area contributed by atoms with Crippen molar-refractivity contribution < 1.29 is 8.42 Å². The summed E-state index contributed by atoms with van der Waals surface area (Å²) in [5.41, 5.74) is 3.43. The quantitative estimate of drug-likeness (QED) is 0.773. The number of aryl methyl sites for hydroxylation is 1. The van der Waals surface area contributed by atoms with Crippen molar-refractivity contribution in [3.05, 3.63) is 29.0 Å². The lowest BCUT2D eigenvalue weighted by molar-refractivity contribution is 0.592. The summed E-state index contributed by atoms with van der Waals surface area (Å²) in [6, 6.07) is 1.89. The largest absolute Gasteiger partial charge is 0.255 e. The lowest BCUT2D eigenvalue weighted by atomic mass is 10.1. The number of allylic oxidation sites excluding steroid dienone is 2. The number of hydrogen-bond acceptors (Lipinski definition) is 3. The zero-order valence-corrected chi connectivity index (χ0v) is 9.43. The number of hydrogen-bond donors (Lipinski definition) is 1. The molecular formula is C10H12N2O2S. The van der Waals surface area contributed by atoms with Crippen molar-refractivity contribution in [2.75, 3.05) is 0 Å². The Morgan fingerprint density at radius 3 is 2.67 bits per heavy atom. The van der Waals surface area contributed by atoms with Crippen LogP contribution in [-0.4, -0.2) is 13.4 Å². The standard InChI is InChI=1S/C10H12N2O2S/c1-6-3-4-8-9(6)5-7(2)12-10(8)15(11,13)14/h3,5H,4H2,1-2H3,(H2,11,13,14). The molecule has 2 rings (SSSR count). The summed E-state index contributed by atoms with van der Waals surface area (Å²) < 4.78 is 22.7. The molecule has 1 aliphatic rings. The zero-order valence-electron chi connectivity index (χ0n) is 8.61. The van der Waals surface area contributed by atoms with Crippen LogP contribution in [0.3, 0.4) is 0 Å².